The van der Waals surface area contributed by atoms with Crippen molar-refractivity contribution in [1.29, 1.82) is 0 Å². The van der Waals surface area contributed by atoms with Crippen molar-refractivity contribution in [3.05, 3.63) is 30.1 Å². The Morgan fingerprint density at radius 2 is 2.36 bits per heavy atom. The van der Waals surface area contributed by atoms with Crippen molar-refractivity contribution in [2.24, 2.45) is 0 Å². The summed E-state index contributed by atoms with van der Waals surface area (Å²) in [6.07, 6.45) is 4.28. The predicted octanol–water partition coefficient (Wildman–Crippen LogP) is 1.00. The minimum absolute atomic E-state index is 0.705. The van der Waals surface area contributed by atoms with E-state index >= 15 is 0 Å². The normalized spacial score (nSPS) is 12.8. The molecule has 0 saturated heterocycles. The van der Waals surface area contributed by atoms with Crippen LogP contribution in [0.1, 0.15) is 5.69 Å². The van der Waals surface area contributed by atoms with Crippen LogP contribution in [-0.2, 0) is 17.2 Å². The second-order valence-corrected chi connectivity index (χ2v) is 3.90. The predicted molar refractivity (Wildman–Crippen MR) is 46.9 cm³/mol. The third-order valence-electron chi connectivity index (χ3n) is 1.37. The van der Waals surface area contributed by atoms with E-state index in [9.17, 15) is 4.21 Å². The molecule has 0 bridgehead atoms. The molecule has 0 radical (unpaired) electrons. The van der Waals surface area contributed by atoms with Crippen LogP contribution in [0.2, 0.25) is 0 Å². The molecule has 1 heterocycles. The average molecular weight is 169 g/mol. The van der Waals surface area contributed by atoms with Gasteiger partial charge in [0.05, 0.1) is 0 Å². The van der Waals surface area contributed by atoms with Gasteiger partial charge in [0, 0.05) is 41.1 Å². The Kier molecular flexibility index (Phi) is 3.23. The number of pyridine rings is 1. The first-order valence-electron chi connectivity index (χ1n) is 3.49. The molecule has 0 fully saturated rings. The van der Waals surface area contributed by atoms with E-state index in [1.165, 1.54) is 0 Å². The molecule has 1 aromatic heterocycles. The summed E-state index contributed by atoms with van der Waals surface area (Å²) in [6, 6.07) is 5.78. The molecule has 0 unspecified atom stereocenters. The molecule has 60 valence electrons. The first-order chi connectivity index (χ1) is 5.29. The fourth-order valence-electron chi connectivity index (χ4n) is 0.794. The van der Waals surface area contributed by atoms with E-state index in [4.69, 9.17) is 0 Å². The summed E-state index contributed by atoms with van der Waals surface area (Å²) >= 11 is 0. The van der Waals surface area contributed by atoms with Crippen molar-refractivity contribution in [2.75, 3.05) is 12.0 Å². The molecule has 0 spiro atoms. The van der Waals surface area contributed by atoms with E-state index in [2.05, 4.69) is 4.98 Å². The number of aromatic nitrogens is 1. The first-order valence-corrected chi connectivity index (χ1v) is 5.21. The summed E-state index contributed by atoms with van der Waals surface area (Å²) in [6.45, 7) is 0. The molecule has 3 heteroatoms. The van der Waals surface area contributed by atoms with E-state index in [0.717, 1.165) is 12.1 Å². The van der Waals surface area contributed by atoms with Crippen molar-refractivity contribution in [3.8, 4) is 0 Å². The maximum atomic E-state index is 10.7. The summed E-state index contributed by atoms with van der Waals surface area (Å²) in [5.41, 5.74) is 1.02. The fourth-order valence-corrected chi connectivity index (χ4v) is 1.29. The van der Waals surface area contributed by atoms with Crippen molar-refractivity contribution in [1.82, 2.24) is 4.98 Å². The van der Waals surface area contributed by atoms with E-state index in [-0.39, 0.29) is 0 Å². The lowest BCUT2D eigenvalue weighted by molar-refractivity contribution is 0.685. The SMILES string of the molecule is C[S@@](=O)CCc1ccccn1. The highest BCUT2D eigenvalue weighted by molar-refractivity contribution is 7.84. The second kappa shape index (κ2) is 4.23. The molecule has 0 amide bonds. The molecule has 0 aromatic carbocycles. The minimum atomic E-state index is -0.706. The molecule has 0 saturated carbocycles. The van der Waals surface area contributed by atoms with Gasteiger partial charge in [-0.05, 0) is 12.1 Å². The maximum Gasteiger partial charge on any atom is 0.0412 e. The van der Waals surface area contributed by atoms with Gasteiger partial charge >= 0.3 is 0 Å². The van der Waals surface area contributed by atoms with Crippen LogP contribution in [0.5, 0.6) is 0 Å². The van der Waals surface area contributed by atoms with Gasteiger partial charge in [0.25, 0.3) is 0 Å². The lowest BCUT2D eigenvalue weighted by atomic mass is 10.3. The van der Waals surface area contributed by atoms with Crippen molar-refractivity contribution in [2.45, 2.75) is 6.42 Å². The van der Waals surface area contributed by atoms with Gasteiger partial charge in [-0.15, -0.1) is 0 Å². The van der Waals surface area contributed by atoms with Crippen LogP contribution >= 0.6 is 0 Å². The van der Waals surface area contributed by atoms with Crippen LogP contribution in [0.15, 0.2) is 24.4 Å². The summed E-state index contributed by atoms with van der Waals surface area (Å²) in [7, 11) is -0.706. The van der Waals surface area contributed by atoms with Gasteiger partial charge in [0.15, 0.2) is 0 Å². The molecule has 11 heavy (non-hydrogen) atoms. The quantitative estimate of drug-likeness (QED) is 0.675. The minimum Gasteiger partial charge on any atom is -0.261 e. The van der Waals surface area contributed by atoms with Crippen molar-refractivity contribution in [3.63, 3.8) is 0 Å². The molecule has 0 aliphatic carbocycles. The summed E-state index contributed by atoms with van der Waals surface area (Å²) in [5, 5.41) is 0. The topological polar surface area (TPSA) is 30.0 Å². The molecule has 0 aliphatic rings. The van der Waals surface area contributed by atoms with Gasteiger partial charge < -0.3 is 0 Å². The zero-order valence-electron chi connectivity index (χ0n) is 6.49. The number of hydrogen-bond acceptors (Lipinski definition) is 2. The van der Waals surface area contributed by atoms with E-state index < -0.39 is 10.8 Å². The highest BCUT2D eigenvalue weighted by Crippen LogP contribution is 1.94. The molecule has 0 N–H and O–H groups in total. The number of hydrogen-bond donors (Lipinski definition) is 0. The van der Waals surface area contributed by atoms with Crippen LogP contribution in [0.3, 0.4) is 0 Å². The Labute approximate surface area is 69.1 Å². The maximum absolute atomic E-state index is 10.7. The summed E-state index contributed by atoms with van der Waals surface area (Å²) < 4.78 is 10.7. The van der Waals surface area contributed by atoms with Crippen LogP contribution < -0.4 is 0 Å². The third-order valence-corrected chi connectivity index (χ3v) is 2.15. The zero-order valence-corrected chi connectivity index (χ0v) is 7.30. The monoisotopic (exact) mass is 169 g/mol. The lowest BCUT2D eigenvalue weighted by Gasteiger charge is -1.95. The van der Waals surface area contributed by atoms with Gasteiger partial charge in [-0.25, -0.2) is 0 Å². The van der Waals surface area contributed by atoms with Crippen LogP contribution in [0, 0.1) is 0 Å². The Morgan fingerprint density at radius 1 is 1.55 bits per heavy atom. The van der Waals surface area contributed by atoms with Gasteiger partial charge in [-0.2, -0.15) is 0 Å². The Bertz CT molecular complexity index is 235. The van der Waals surface area contributed by atoms with Crippen LogP contribution in [0.25, 0.3) is 0 Å². The summed E-state index contributed by atoms with van der Waals surface area (Å²) in [5.74, 6) is 0.705. The number of rotatable bonds is 3. The molecule has 1 rings (SSSR count). The first kappa shape index (κ1) is 8.40. The van der Waals surface area contributed by atoms with Gasteiger partial charge in [-0.3, -0.25) is 9.19 Å². The van der Waals surface area contributed by atoms with Crippen molar-refractivity contribution >= 4 is 10.8 Å². The van der Waals surface area contributed by atoms with E-state index in [1.54, 1.807) is 12.5 Å². The molecule has 2 nitrogen and oxygen atoms in total. The molecular weight excluding hydrogens is 158 g/mol. The Hall–Kier alpha value is -0.700. The van der Waals surface area contributed by atoms with Gasteiger partial charge in [0.1, 0.15) is 0 Å². The largest absolute Gasteiger partial charge is 0.261 e. The molecule has 1 atom stereocenters. The van der Waals surface area contributed by atoms with Crippen LogP contribution in [0.4, 0.5) is 0 Å². The summed E-state index contributed by atoms with van der Waals surface area (Å²) in [4.78, 5) is 4.12. The number of nitrogens with zero attached hydrogens (tertiary/aromatic N) is 1. The zero-order chi connectivity index (χ0) is 8.10. The van der Waals surface area contributed by atoms with Crippen molar-refractivity contribution < 1.29 is 4.21 Å². The second-order valence-electron chi connectivity index (χ2n) is 2.35. The molecule has 0 aliphatic heterocycles. The lowest BCUT2D eigenvalue weighted by Crippen LogP contribution is -1.99. The standard InChI is InChI=1S/C8H11NOS/c1-11(10)7-5-8-4-2-3-6-9-8/h2-4,6H,5,7H2,1H3/t11-/m1/s1. The van der Waals surface area contributed by atoms with E-state index in [1.807, 2.05) is 18.2 Å². The fraction of sp³-hybridized carbons (Fsp3) is 0.375. The third kappa shape index (κ3) is 3.28. The van der Waals surface area contributed by atoms with Gasteiger partial charge in [0.2, 0.25) is 0 Å². The Balaban J connectivity index is 2.45. The number of aryl methyl sites for hydroxylation is 1. The highest BCUT2D eigenvalue weighted by atomic mass is 32.2. The van der Waals surface area contributed by atoms with E-state index in [0.29, 0.717) is 5.75 Å². The Morgan fingerprint density at radius 3 is 2.91 bits per heavy atom. The highest BCUT2D eigenvalue weighted by Gasteiger charge is 1.94. The molecule has 1 aromatic rings. The van der Waals surface area contributed by atoms with Crippen LogP contribution in [-0.4, -0.2) is 21.2 Å². The smallest absolute Gasteiger partial charge is 0.0412 e. The average Bonchev–Trinajstić information content (AvgIpc) is 2.03. The molecular formula is C8H11NOS. The van der Waals surface area contributed by atoms with Gasteiger partial charge in [-0.1, -0.05) is 6.07 Å².